The van der Waals surface area contributed by atoms with Gasteiger partial charge in [-0.15, -0.1) is 0 Å². The number of rotatable bonds is 4. The van der Waals surface area contributed by atoms with E-state index in [1.54, 1.807) is 6.07 Å². The van der Waals surface area contributed by atoms with Crippen molar-refractivity contribution in [3.05, 3.63) is 32.8 Å². The molecule has 1 atom stereocenters. The molecule has 1 heterocycles. The number of nitro groups is 1. The van der Waals surface area contributed by atoms with Gasteiger partial charge in [0.15, 0.2) is 0 Å². The van der Waals surface area contributed by atoms with Crippen LogP contribution in [0, 0.1) is 10.1 Å². The number of nitrogens with one attached hydrogen (secondary N) is 1. The highest BCUT2D eigenvalue weighted by atomic mass is 79.9. The van der Waals surface area contributed by atoms with Crippen LogP contribution in [0.3, 0.4) is 0 Å². The summed E-state index contributed by atoms with van der Waals surface area (Å²) in [6, 6.07) is 4.61. The molecule has 0 saturated carbocycles. The molecule has 0 aliphatic carbocycles. The summed E-state index contributed by atoms with van der Waals surface area (Å²) < 4.78 is 11.4. The summed E-state index contributed by atoms with van der Waals surface area (Å²) in [7, 11) is 0. The first kappa shape index (κ1) is 13.3. The van der Waals surface area contributed by atoms with Crippen molar-refractivity contribution in [2.75, 3.05) is 31.7 Å². The number of nitro benzene ring substituents is 1. The highest BCUT2D eigenvalue weighted by molar-refractivity contribution is 9.10. The van der Waals surface area contributed by atoms with Crippen LogP contribution in [0.4, 0.5) is 11.4 Å². The molecule has 18 heavy (non-hydrogen) atoms. The van der Waals surface area contributed by atoms with Gasteiger partial charge in [0, 0.05) is 28.8 Å². The van der Waals surface area contributed by atoms with Gasteiger partial charge in [0.05, 0.1) is 30.8 Å². The van der Waals surface area contributed by atoms with Gasteiger partial charge in [-0.25, -0.2) is 0 Å². The lowest BCUT2D eigenvalue weighted by molar-refractivity contribution is -0.384. The second-order valence-corrected chi connectivity index (χ2v) is 4.72. The van der Waals surface area contributed by atoms with Crippen molar-refractivity contribution in [3.8, 4) is 0 Å². The largest absolute Gasteiger partial charge is 0.381 e. The van der Waals surface area contributed by atoms with E-state index >= 15 is 0 Å². The van der Waals surface area contributed by atoms with Crippen molar-refractivity contribution in [2.24, 2.45) is 0 Å². The third-order valence-electron chi connectivity index (χ3n) is 2.57. The summed E-state index contributed by atoms with van der Waals surface area (Å²) in [5.41, 5.74) is 0.861. The molecule has 0 radical (unpaired) electrons. The van der Waals surface area contributed by atoms with Crippen molar-refractivity contribution in [1.29, 1.82) is 0 Å². The van der Waals surface area contributed by atoms with Gasteiger partial charge in [-0.2, -0.15) is 0 Å². The number of halogens is 1. The van der Waals surface area contributed by atoms with E-state index in [9.17, 15) is 10.1 Å². The molecule has 1 aliphatic rings. The van der Waals surface area contributed by atoms with Gasteiger partial charge in [0.25, 0.3) is 5.69 Å². The van der Waals surface area contributed by atoms with E-state index < -0.39 is 4.92 Å². The Bertz CT molecular complexity index is 435. The number of hydrogen-bond donors (Lipinski definition) is 1. The minimum absolute atomic E-state index is 0.0147. The van der Waals surface area contributed by atoms with E-state index in [4.69, 9.17) is 9.47 Å². The van der Waals surface area contributed by atoms with Crippen LogP contribution in [0.2, 0.25) is 0 Å². The van der Waals surface area contributed by atoms with Crippen LogP contribution in [-0.2, 0) is 9.47 Å². The predicted octanol–water partition coefficient (Wildman–Crippen LogP) is 2.18. The average molecular weight is 317 g/mol. The first-order valence-corrected chi connectivity index (χ1v) is 6.33. The average Bonchev–Trinajstić information content (AvgIpc) is 2.38. The van der Waals surface area contributed by atoms with Crippen LogP contribution in [0.15, 0.2) is 22.7 Å². The lowest BCUT2D eigenvalue weighted by Crippen LogP contribution is -2.34. The Kier molecular flexibility index (Phi) is 4.51. The Morgan fingerprint density at radius 1 is 1.50 bits per heavy atom. The first-order chi connectivity index (χ1) is 8.66. The van der Waals surface area contributed by atoms with E-state index in [-0.39, 0.29) is 11.8 Å². The molecule has 1 N–H and O–H groups in total. The molecule has 0 spiro atoms. The second-order valence-electron chi connectivity index (χ2n) is 3.87. The molecule has 1 saturated heterocycles. The minimum atomic E-state index is -0.424. The zero-order valence-corrected chi connectivity index (χ0v) is 11.2. The van der Waals surface area contributed by atoms with Crippen LogP contribution >= 0.6 is 15.9 Å². The van der Waals surface area contributed by atoms with E-state index in [1.165, 1.54) is 12.1 Å². The Morgan fingerprint density at radius 3 is 2.94 bits per heavy atom. The SMILES string of the molecule is O=[N+]([O-])c1ccc(NCC2COCCO2)c(Br)c1. The van der Waals surface area contributed by atoms with Gasteiger partial charge < -0.3 is 14.8 Å². The highest BCUT2D eigenvalue weighted by Crippen LogP contribution is 2.27. The molecule has 0 amide bonds. The van der Waals surface area contributed by atoms with Crippen molar-refractivity contribution in [1.82, 2.24) is 0 Å². The Balaban J connectivity index is 1.94. The topological polar surface area (TPSA) is 73.6 Å². The lowest BCUT2D eigenvalue weighted by atomic mass is 10.2. The van der Waals surface area contributed by atoms with Gasteiger partial charge >= 0.3 is 0 Å². The van der Waals surface area contributed by atoms with E-state index in [0.29, 0.717) is 30.8 Å². The molecule has 1 aromatic rings. The van der Waals surface area contributed by atoms with Crippen molar-refractivity contribution < 1.29 is 14.4 Å². The third kappa shape index (κ3) is 3.41. The zero-order chi connectivity index (χ0) is 13.0. The summed E-state index contributed by atoms with van der Waals surface area (Å²) in [4.78, 5) is 10.2. The minimum Gasteiger partial charge on any atom is -0.381 e. The maximum atomic E-state index is 10.6. The molecular formula is C11H13BrN2O4. The molecule has 98 valence electrons. The molecule has 6 nitrogen and oxygen atoms in total. The monoisotopic (exact) mass is 316 g/mol. The maximum absolute atomic E-state index is 10.6. The number of nitrogens with zero attached hydrogens (tertiary/aromatic N) is 1. The molecule has 1 unspecified atom stereocenters. The van der Waals surface area contributed by atoms with Crippen LogP contribution in [0.5, 0.6) is 0 Å². The first-order valence-electron chi connectivity index (χ1n) is 5.54. The summed E-state index contributed by atoms with van der Waals surface area (Å²) in [6.07, 6.45) is 0.0147. The lowest BCUT2D eigenvalue weighted by Gasteiger charge is -2.23. The van der Waals surface area contributed by atoms with E-state index in [1.807, 2.05) is 0 Å². The number of anilines is 1. The fourth-order valence-corrected chi connectivity index (χ4v) is 2.15. The predicted molar refractivity (Wildman–Crippen MR) is 69.8 cm³/mol. The van der Waals surface area contributed by atoms with Gasteiger partial charge in [0.1, 0.15) is 0 Å². The normalized spacial score (nSPS) is 19.5. The number of non-ortho nitro benzene ring substituents is 1. The summed E-state index contributed by atoms with van der Waals surface area (Å²) >= 11 is 3.30. The number of benzene rings is 1. The van der Waals surface area contributed by atoms with Gasteiger partial charge in [0.2, 0.25) is 0 Å². The summed E-state index contributed by atoms with van der Waals surface area (Å²) in [5.74, 6) is 0. The molecule has 0 aromatic heterocycles. The molecular weight excluding hydrogens is 304 g/mol. The fourth-order valence-electron chi connectivity index (χ4n) is 1.64. The fraction of sp³-hybridized carbons (Fsp3) is 0.455. The smallest absolute Gasteiger partial charge is 0.270 e. The second kappa shape index (κ2) is 6.12. The summed E-state index contributed by atoms with van der Waals surface area (Å²) in [6.45, 7) is 2.42. The quantitative estimate of drug-likeness (QED) is 0.681. The molecule has 7 heteroatoms. The van der Waals surface area contributed by atoms with Gasteiger partial charge in [-0.05, 0) is 22.0 Å². The van der Waals surface area contributed by atoms with Crippen molar-refractivity contribution >= 4 is 27.3 Å². The van der Waals surface area contributed by atoms with Crippen LogP contribution in [-0.4, -0.2) is 37.4 Å². The molecule has 1 aromatic carbocycles. The van der Waals surface area contributed by atoms with E-state index in [0.717, 1.165) is 5.69 Å². The standard InChI is InChI=1S/C11H13BrN2O4/c12-10-5-8(14(15)16)1-2-11(10)13-6-9-7-17-3-4-18-9/h1-2,5,9,13H,3-4,6-7H2. The molecule has 1 aliphatic heterocycles. The van der Waals surface area contributed by atoms with E-state index in [2.05, 4.69) is 21.2 Å². The van der Waals surface area contributed by atoms with Crippen molar-refractivity contribution in [2.45, 2.75) is 6.10 Å². The molecule has 2 rings (SSSR count). The molecule has 1 fully saturated rings. The van der Waals surface area contributed by atoms with Crippen LogP contribution in [0.25, 0.3) is 0 Å². The highest BCUT2D eigenvalue weighted by Gasteiger charge is 2.15. The van der Waals surface area contributed by atoms with Gasteiger partial charge in [-0.1, -0.05) is 0 Å². The molecule has 0 bridgehead atoms. The third-order valence-corrected chi connectivity index (χ3v) is 3.22. The van der Waals surface area contributed by atoms with Crippen LogP contribution < -0.4 is 5.32 Å². The maximum Gasteiger partial charge on any atom is 0.270 e. The Hall–Kier alpha value is -1.18. The summed E-state index contributed by atoms with van der Waals surface area (Å²) in [5, 5.41) is 13.8. The van der Waals surface area contributed by atoms with Crippen molar-refractivity contribution in [3.63, 3.8) is 0 Å². The Morgan fingerprint density at radius 2 is 2.33 bits per heavy atom. The number of ether oxygens (including phenoxy) is 2. The zero-order valence-electron chi connectivity index (χ0n) is 9.60. The van der Waals surface area contributed by atoms with Gasteiger partial charge in [-0.3, -0.25) is 10.1 Å². The Labute approximate surface area is 113 Å². The van der Waals surface area contributed by atoms with Crippen LogP contribution in [0.1, 0.15) is 0 Å². The number of hydrogen-bond acceptors (Lipinski definition) is 5.